The molecule has 0 aliphatic carbocycles. The Morgan fingerprint density at radius 1 is 1.33 bits per heavy atom. The van der Waals surface area contributed by atoms with Gasteiger partial charge in [-0.1, -0.05) is 30.7 Å². The van der Waals surface area contributed by atoms with Gasteiger partial charge < -0.3 is 5.32 Å². The standard InChI is InChI=1S/C13H17NO/c1-10-6-2-3-7-11(10)13(15)12-8-4-5-9-14-12/h2-3,6-7,12,14H,4-5,8-9H2,1H3. The van der Waals surface area contributed by atoms with Gasteiger partial charge in [-0.3, -0.25) is 4.79 Å². The Kier molecular flexibility index (Phi) is 3.17. The molecule has 1 atom stereocenters. The lowest BCUT2D eigenvalue weighted by Crippen LogP contribution is -2.40. The second-order valence-electron chi connectivity index (χ2n) is 4.18. The van der Waals surface area contributed by atoms with E-state index in [9.17, 15) is 4.79 Å². The van der Waals surface area contributed by atoms with Gasteiger partial charge in [0.15, 0.2) is 5.78 Å². The topological polar surface area (TPSA) is 29.1 Å². The third-order valence-corrected chi connectivity index (χ3v) is 3.04. The fraction of sp³-hybridized carbons (Fsp3) is 0.462. The molecule has 1 saturated heterocycles. The van der Waals surface area contributed by atoms with E-state index in [1.165, 1.54) is 6.42 Å². The fourth-order valence-corrected chi connectivity index (χ4v) is 2.11. The molecule has 1 aliphatic heterocycles. The van der Waals surface area contributed by atoms with Crippen molar-refractivity contribution in [1.29, 1.82) is 0 Å². The number of benzene rings is 1. The molecule has 0 bridgehead atoms. The van der Waals surface area contributed by atoms with Gasteiger partial charge in [0.2, 0.25) is 0 Å². The minimum Gasteiger partial charge on any atom is -0.307 e. The smallest absolute Gasteiger partial charge is 0.179 e. The monoisotopic (exact) mass is 203 g/mol. The number of Topliss-reactive ketones (excluding diaryl/α,β-unsaturated/α-hetero) is 1. The summed E-state index contributed by atoms with van der Waals surface area (Å²) in [5.41, 5.74) is 1.95. The van der Waals surface area contributed by atoms with Crippen LogP contribution in [0.5, 0.6) is 0 Å². The zero-order valence-electron chi connectivity index (χ0n) is 9.12. The molecule has 1 aromatic rings. The van der Waals surface area contributed by atoms with Crippen molar-refractivity contribution in [3.05, 3.63) is 35.4 Å². The van der Waals surface area contributed by atoms with Crippen molar-refractivity contribution in [2.24, 2.45) is 0 Å². The van der Waals surface area contributed by atoms with Crippen LogP contribution in [0.3, 0.4) is 0 Å². The summed E-state index contributed by atoms with van der Waals surface area (Å²) in [6.45, 7) is 2.97. The van der Waals surface area contributed by atoms with Crippen molar-refractivity contribution >= 4 is 5.78 Å². The largest absolute Gasteiger partial charge is 0.307 e. The Morgan fingerprint density at radius 3 is 2.80 bits per heavy atom. The van der Waals surface area contributed by atoms with Crippen LogP contribution in [-0.2, 0) is 0 Å². The lowest BCUT2D eigenvalue weighted by molar-refractivity contribution is 0.0926. The van der Waals surface area contributed by atoms with Gasteiger partial charge in [-0.2, -0.15) is 0 Å². The zero-order chi connectivity index (χ0) is 10.7. The van der Waals surface area contributed by atoms with Crippen molar-refractivity contribution in [3.63, 3.8) is 0 Å². The maximum Gasteiger partial charge on any atom is 0.179 e. The first-order valence-electron chi connectivity index (χ1n) is 5.62. The summed E-state index contributed by atoms with van der Waals surface area (Å²) >= 11 is 0. The second kappa shape index (κ2) is 4.58. The molecule has 0 saturated carbocycles. The molecule has 0 spiro atoms. The van der Waals surface area contributed by atoms with E-state index in [4.69, 9.17) is 0 Å². The first kappa shape index (κ1) is 10.4. The van der Waals surface area contributed by atoms with Gasteiger partial charge in [-0.25, -0.2) is 0 Å². The molecule has 2 heteroatoms. The summed E-state index contributed by atoms with van der Waals surface area (Å²) < 4.78 is 0. The molecule has 15 heavy (non-hydrogen) atoms. The number of hydrogen-bond acceptors (Lipinski definition) is 2. The molecule has 2 rings (SSSR count). The second-order valence-corrected chi connectivity index (χ2v) is 4.18. The normalized spacial score (nSPS) is 21.3. The zero-order valence-corrected chi connectivity index (χ0v) is 9.12. The lowest BCUT2D eigenvalue weighted by Gasteiger charge is -2.22. The quantitative estimate of drug-likeness (QED) is 0.747. The van der Waals surface area contributed by atoms with E-state index in [1.54, 1.807) is 0 Å². The molecule has 0 aromatic heterocycles. The van der Waals surface area contributed by atoms with E-state index in [2.05, 4.69) is 5.32 Å². The number of rotatable bonds is 2. The number of hydrogen-bond donors (Lipinski definition) is 1. The van der Waals surface area contributed by atoms with Crippen LogP contribution in [0.25, 0.3) is 0 Å². The first-order valence-corrected chi connectivity index (χ1v) is 5.62. The number of carbonyl (C=O) groups is 1. The number of carbonyl (C=O) groups excluding carboxylic acids is 1. The van der Waals surface area contributed by atoms with Crippen LogP contribution in [0.1, 0.15) is 35.2 Å². The van der Waals surface area contributed by atoms with Crippen LogP contribution >= 0.6 is 0 Å². The molecular weight excluding hydrogens is 186 g/mol. The Morgan fingerprint density at radius 2 is 2.13 bits per heavy atom. The van der Waals surface area contributed by atoms with Gasteiger partial charge in [-0.15, -0.1) is 0 Å². The van der Waals surface area contributed by atoms with Crippen LogP contribution in [0.15, 0.2) is 24.3 Å². The number of ketones is 1. The highest BCUT2D eigenvalue weighted by atomic mass is 16.1. The van der Waals surface area contributed by atoms with E-state index in [1.807, 2.05) is 31.2 Å². The molecule has 1 aliphatic rings. The SMILES string of the molecule is Cc1ccccc1C(=O)C1CCCCN1. The van der Waals surface area contributed by atoms with Crippen LogP contribution in [0.2, 0.25) is 0 Å². The van der Waals surface area contributed by atoms with E-state index >= 15 is 0 Å². The van der Waals surface area contributed by atoms with Gasteiger partial charge in [0, 0.05) is 5.56 Å². The molecule has 0 amide bonds. The molecule has 0 radical (unpaired) electrons. The van der Waals surface area contributed by atoms with Crippen molar-refractivity contribution in [1.82, 2.24) is 5.32 Å². The number of piperidine rings is 1. The van der Waals surface area contributed by atoms with Crippen LogP contribution in [0.4, 0.5) is 0 Å². The molecule has 1 N–H and O–H groups in total. The Balaban J connectivity index is 2.16. The van der Waals surface area contributed by atoms with Crippen molar-refractivity contribution in [3.8, 4) is 0 Å². The summed E-state index contributed by atoms with van der Waals surface area (Å²) in [6.07, 6.45) is 3.33. The summed E-state index contributed by atoms with van der Waals surface area (Å²) in [5, 5.41) is 3.30. The molecule has 1 heterocycles. The predicted octanol–water partition coefficient (Wildman–Crippen LogP) is 2.32. The van der Waals surface area contributed by atoms with E-state index in [0.717, 1.165) is 30.5 Å². The highest BCUT2D eigenvalue weighted by Gasteiger charge is 2.22. The van der Waals surface area contributed by atoms with Gasteiger partial charge in [-0.05, 0) is 31.9 Å². The fourth-order valence-electron chi connectivity index (χ4n) is 2.11. The summed E-state index contributed by atoms with van der Waals surface area (Å²) in [4.78, 5) is 12.2. The average Bonchev–Trinajstić information content (AvgIpc) is 2.30. The van der Waals surface area contributed by atoms with Gasteiger partial charge in [0.25, 0.3) is 0 Å². The molecule has 1 fully saturated rings. The molecule has 1 unspecified atom stereocenters. The van der Waals surface area contributed by atoms with E-state index in [0.29, 0.717) is 0 Å². The van der Waals surface area contributed by atoms with Crippen molar-refractivity contribution < 1.29 is 4.79 Å². The Hall–Kier alpha value is -1.15. The average molecular weight is 203 g/mol. The minimum absolute atomic E-state index is 0.0415. The third-order valence-electron chi connectivity index (χ3n) is 3.04. The molecule has 80 valence electrons. The highest BCUT2D eigenvalue weighted by molar-refractivity contribution is 6.01. The number of aryl methyl sites for hydroxylation is 1. The van der Waals surface area contributed by atoms with Gasteiger partial charge in [0.05, 0.1) is 6.04 Å². The summed E-state index contributed by atoms with van der Waals surface area (Å²) in [5.74, 6) is 0.257. The third kappa shape index (κ3) is 2.26. The Bertz CT molecular complexity index is 353. The predicted molar refractivity (Wildman–Crippen MR) is 61.2 cm³/mol. The number of nitrogens with one attached hydrogen (secondary N) is 1. The Labute approximate surface area is 90.7 Å². The van der Waals surface area contributed by atoms with E-state index in [-0.39, 0.29) is 11.8 Å². The van der Waals surface area contributed by atoms with E-state index < -0.39 is 0 Å². The molecular formula is C13H17NO. The summed E-state index contributed by atoms with van der Waals surface area (Å²) in [6, 6.07) is 7.87. The lowest BCUT2D eigenvalue weighted by atomic mass is 9.94. The van der Waals surface area contributed by atoms with Crippen molar-refractivity contribution in [2.45, 2.75) is 32.2 Å². The van der Waals surface area contributed by atoms with Crippen LogP contribution in [0, 0.1) is 6.92 Å². The van der Waals surface area contributed by atoms with Gasteiger partial charge in [0.1, 0.15) is 0 Å². The summed E-state index contributed by atoms with van der Waals surface area (Å²) in [7, 11) is 0. The molecule has 1 aromatic carbocycles. The van der Waals surface area contributed by atoms with Crippen LogP contribution < -0.4 is 5.32 Å². The maximum absolute atomic E-state index is 12.2. The minimum atomic E-state index is 0.0415. The van der Waals surface area contributed by atoms with Crippen molar-refractivity contribution in [2.75, 3.05) is 6.54 Å². The van der Waals surface area contributed by atoms with Crippen LogP contribution in [-0.4, -0.2) is 18.4 Å². The highest BCUT2D eigenvalue weighted by Crippen LogP contribution is 2.15. The maximum atomic E-state index is 12.2. The first-order chi connectivity index (χ1) is 7.29. The molecule has 2 nitrogen and oxygen atoms in total. The van der Waals surface area contributed by atoms with Gasteiger partial charge >= 0.3 is 0 Å².